The van der Waals surface area contributed by atoms with Gasteiger partial charge < -0.3 is 15.8 Å². The van der Waals surface area contributed by atoms with E-state index in [-0.39, 0.29) is 23.0 Å². The van der Waals surface area contributed by atoms with E-state index in [1.807, 2.05) is 6.92 Å². The number of anilines is 1. The third kappa shape index (κ3) is 2.22. The molecule has 0 spiro atoms. The molecular weight excluding hydrogens is 284 g/mol. The first-order valence-electron chi connectivity index (χ1n) is 6.67. The van der Waals surface area contributed by atoms with Gasteiger partial charge in [0.15, 0.2) is 0 Å². The van der Waals surface area contributed by atoms with Crippen LogP contribution in [0.4, 0.5) is 5.95 Å². The average molecular weight is 298 g/mol. The molecule has 5 N–H and O–H groups in total. The molecule has 112 valence electrons. The van der Waals surface area contributed by atoms with Gasteiger partial charge in [0.1, 0.15) is 5.65 Å². The summed E-state index contributed by atoms with van der Waals surface area (Å²) in [5, 5.41) is 9.39. The minimum Gasteiger partial charge on any atom is -0.478 e. The maximum absolute atomic E-state index is 12.1. The molecule has 1 unspecified atom stereocenters. The van der Waals surface area contributed by atoms with Crippen LogP contribution in [-0.4, -0.2) is 26.0 Å². The van der Waals surface area contributed by atoms with E-state index in [1.165, 1.54) is 0 Å². The van der Waals surface area contributed by atoms with Crippen molar-refractivity contribution in [3.63, 3.8) is 0 Å². The Labute approximate surface area is 124 Å². The second-order valence-electron chi connectivity index (χ2n) is 5.07. The third-order valence-electron chi connectivity index (χ3n) is 3.71. The molecule has 0 aliphatic rings. The van der Waals surface area contributed by atoms with Crippen LogP contribution in [0.3, 0.4) is 0 Å². The van der Waals surface area contributed by atoms with Crippen LogP contribution in [0.2, 0.25) is 0 Å². The Bertz CT molecular complexity index is 909. The van der Waals surface area contributed by atoms with Crippen molar-refractivity contribution in [2.24, 2.45) is 0 Å². The number of rotatable bonds is 3. The van der Waals surface area contributed by atoms with Gasteiger partial charge in [-0.25, -0.2) is 4.79 Å². The van der Waals surface area contributed by atoms with E-state index in [2.05, 4.69) is 15.0 Å². The molecular formula is C15H14N4O3. The number of H-pyrrole nitrogens is 2. The topological polar surface area (TPSA) is 125 Å². The highest BCUT2D eigenvalue weighted by Crippen LogP contribution is 2.28. The Kier molecular flexibility index (Phi) is 3.17. The number of aromatic carboxylic acids is 1. The van der Waals surface area contributed by atoms with Crippen molar-refractivity contribution in [2.45, 2.75) is 12.8 Å². The monoisotopic (exact) mass is 298 g/mol. The number of aromatic nitrogens is 3. The van der Waals surface area contributed by atoms with E-state index in [0.717, 1.165) is 11.1 Å². The number of carbonyl (C=O) groups is 1. The van der Waals surface area contributed by atoms with Gasteiger partial charge in [-0.05, 0) is 23.3 Å². The number of nitrogen functional groups attached to an aromatic ring is 1. The highest BCUT2D eigenvalue weighted by atomic mass is 16.4. The summed E-state index contributed by atoms with van der Waals surface area (Å²) in [6.07, 6.45) is 1.72. The number of nitrogens with two attached hydrogens (primary N) is 1. The summed E-state index contributed by atoms with van der Waals surface area (Å²) in [4.78, 5) is 32.5. The van der Waals surface area contributed by atoms with Crippen molar-refractivity contribution in [3.05, 3.63) is 57.5 Å². The number of nitrogens with zero attached hydrogens (tertiary/aromatic N) is 1. The normalized spacial score (nSPS) is 12.4. The zero-order valence-electron chi connectivity index (χ0n) is 11.8. The van der Waals surface area contributed by atoms with Crippen LogP contribution in [0.25, 0.3) is 11.0 Å². The molecule has 3 aromatic rings. The number of carboxylic acid groups (broad SMARTS) is 1. The van der Waals surface area contributed by atoms with Crippen LogP contribution in [0, 0.1) is 0 Å². The average Bonchev–Trinajstić information content (AvgIpc) is 2.90. The molecule has 22 heavy (non-hydrogen) atoms. The van der Waals surface area contributed by atoms with Gasteiger partial charge in [0.2, 0.25) is 5.95 Å². The van der Waals surface area contributed by atoms with E-state index < -0.39 is 5.97 Å². The van der Waals surface area contributed by atoms with Gasteiger partial charge in [-0.2, -0.15) is 4.98 Å². The zero-order valence-corrected chi connectivity index (χ0v) is 11.8. The highest BCUT2D eigenvalue weighted by Gasteiger charge is 2.17. The molecule has 2 heterocycles. The number of hydrogen-bond donors (Lipinski definition) is 4. The molecule has 3 rings (SSSR count). The molecule has 0 bridgehead atoms. The Hall–Kier alpha value is -3.09. The van der Waals surface area contributed by atoms with Crippen molar-refractivity contribution < 1.29 is 9.90 Å². The van der Waals surface area contributed by atoms with Gasteiger partial charge in [0.25, 0.3) is 5.56 Å². The summed E-state index contributed by atoms with van der Waals surface area (Å²) in [7, 11) is 0. The number of nitrogens with one attached hydrogen (secondary N) is 2. The standard InChI is InChI=1S/C15H14N4O3/c1-7(8-2-4-9(5-3-8)14(21)22)10-6-17-12-11(10)13(20)19-15(16)18-12/h2-7H,1H3,(H,21,22)(H4,16,17,18,19,20). The number of aromatic amines is 2. The smallest absolute Gasteiger partial charge is 0.335 e. The van der Waals surface area contributed by atoms with Crippen LogP contribution >= 0.6 is 0 Å². The molecule has 0 saturated carbocycles. The Morgan fingerprint density at radius 3 is 2.64 bits per heavy atom. The summed E-state index contributed by atoms with van der Waals surface area (Å²) in [6, 6.07) is 6.57. The van der Waals surface area contributed by atoms with Gasteiger partial charge in [0, 0.05) is 12.1 Å². The lowest BCUT2D eigenvalue weighted by atomic mass is 9.93. The fraction of sp³-hybridized carbons (Fsp3) is 0.133. The predicted molar refractivity (Wildman–Crippen MR) is 82.0 cm³/mol. The molecule has 1 aromatic carbocycles. The minimum atomic E-state index is -0.970. The van der Waals surface area contributed by atoms with Gasteiger partial charge in [0.05, 0.1) is 10.9 Å². The van der Waals surface area contributed by atoms with Gasteiger partial charge >= 0.3 is 5.97 Å². The second-order valence-corrected chi connectivity index (χ2v) is 5.07. The Morgan fingerprint density at radius 1 is 1.32 bits per heavy atom. The summed E-state index contributed by atoms with van der Waals surface area (Å²) in [5.41, 5.74) is 7.57. The molecule has 0 saturated heterocycles. The zero-order chi connectivity index (χ0) is 15.9. The predicted octanol–water partition coefficient (Wildman–Crippen LogP) is 1.68. The Balaban J connectivity index is 2.07. The third-order valence-corrected chi connectivity index (χ3v) is 3.71. The maximum Gasteiger partial charge on any atom is 0.335 e. The highest BCUT2D eigenvalue weighted by molar-refractivity contribution is 5.87. The number of carboxylic acids is 1. The molecule has 1 atom stereocenters. The van der Waals surface area contributed by atoms with Gasteiger partial charge in [-0.3, -0.25) is 9.78 Å². The number of fused-ring (bicyclic) bond motifs is 1. The quantitative estimate of drug-likeness (QED) is 0.585. The van der Waals surface area contributed by atoms with E-state index in [0.29, 0.717) is 11.0 Å². The van der Waals surface area contributed by atoms with Crippen molar-refractivity contribution in [1.82, 2.24) is 15.0 Å². The van der Waals surface area contributed by atoms with E-state index >= 15 is 0 Å². The minimum absolute atomic E-state index is 0.0596. The van der Waals surface area contributed by atoms with Crippen LogP contribution < -0.4 is 11.3 Å². The molecule has 0 radical (unpaired) electrons. The van der Waals surface area contributed by atoms with E-state index in [4.69, 9.17) is 10.8 Å². The lowest BCUT2D eigenvalue weighted by Gasteiger charge is -2.11. The van der Waals surface area contributed by atoms with Crippen molar-refractivity contribution in [1.29, 1.82) is 0 Å². The van der Waals surface area contributed by atoms with Crippen molar-refractivity contribution in [3.8, 4) is 0 Å². The molecule has 7 nitrogen and oxygen atoms in total. The van der Waals surface area contributed by atoms with Gasteiger partial charge in [-0.15, -0.1) is 0 Å². The van der Waals surface area contributed by atoms with Gasteiger partial charge in [-0.1, -0.05) is 19.1 Å². The lowest BCUT2D eigenvalue weighted by Crippen LogP contribution is -2.12. The molecule has 0 amide bonds. The van der Waals surface area contributed by atoms with Crippen LogP contribution in [0.5, 0.6) is 0 Å². The fourth-order valence-corrected chi connectivity index (χ4v) is 2.52. The second kappa shape index (κ2) is 5.03. The molecule has 0 fully saturated rings. The summed E-state index contributed by atoms with van der Waals surface area (Å²) < 4.78 is 0. The van der Waals surface area contributed by atoms with Crippen molar-refractivity contribution >= 4 is 23.0 Å². The first-order chi connectivity index (χ1) is 10.5. The van der Waals surface area contributed by atoms with Crippen molar-refractivity contribution in [2.75, 3.05) is 5.73 Å². The first-order valence-corrected chi connectivity index (χ1v) is 6.67. The largest absolute Gasteiger partial charge is 0.478 e. The first kappa shape index (κ1) is 13.9. The molecule has 0 aliphatic carbocycles. The SMILES string of the molecule is CC(c1ccc(C(=O)O)cc1)c1c[nH]c2nc(N)[nH]c(=O)c12. The molecule has 7 heteroatoms. The van der Waals surface area contributed by atoms with Crippen LogP contribution in [-0.2, 0) is 0 Å². The fourth-order valence-electron chi connectivity index (χ4n) is 2.52. The van der Waals surface area contributed by atoms with Crippen LogP contribution in [0.15, 0.2) is 35.3 Å². The van der Waals surface area contributed by atoms with Crippen LogP contribution in [0.1, 0.15) is 34.3 Å². The molecule has 0 aliphatic heterocycles. The number of hydrogen-bond acceptors (Lipinski definition) is 4. The Morgan fingerprint density at radius 2 is 2.00 bits per heavy atom. The maximum atomic E-state index is 12.1. The lowest BCUT2D eigenvalue weighted by molar-refractivity contribution is 0.0697. The van der Waals surface area contributed by atoms with E-state index in [9.17, 15) is 9.59 Å². The van der Waals surface area contributed by atoms with E-state index in [1.54, 1.807) is 30.5 Å². The number of benzene rings is 1. The summed E-state index contributed by atoms with van der Waals surface area (Å²) in [6.45, 7) is 1.94. The summed E-state index contributed by atoms with van der Waals surface area (Å²) in [5.74, 6) is -1.00. The summed E-state index contributed by atoms with van der Waals surface area (Å²) >= 11 is 0. The molecule has 2 aromatic heterocycles.